The maximum atomic E-state index is 13.3. The number of amides is 1. The number of carbonyl (C=O) groups is 1. The van der Waals surface area contributed by atoms with Gasteiger partial charge in [-0.1, -0.05) is 204 Å². The Balaban J connectivity index is 1.30. The van der Waals surface area contributed by atoms with Gasteiger partial charge in [0.15, 0.2) is 18.9 Å². The Bertz CT molecular complexity index is 2280. The first kappa shape index (κ1) is 81.6. The number of nitrogens with one attached hydrogen (secondary N) is 1. The molecule has 12 N–H and O–H groups in total. The van der Waals surface area contributed by atoms with E-state index in [1.165, 1.54) is 0 Å². The summed E-state index contributed by atoms with van der Waals surface area (Å²) in [5.41, 5.74) is 0. The van der Waals surface area contributed by atoms with Crippen molar-refractivity contribution >= 4 is 5.91 Å². The topological polar surface area (TPSA) is 307 Å². The van der Waals surface area contributed by atoms with Crippen LogP contribution in [0.15, 0.2) is 158 Å². The molecule has 3 aliphatic rings. The van der Waals surface area contributed by atoms with E-state index in [0.29, 0.717) is 12.8 Å². The van der Waals surface area contributed by atoms with Gasteiger partial charge >= 0.3 is 0 Å². The summed E-state index contributed by atoms with van der Waals surface area (Å²) in [5, 5.41) is 120. The van der Waals surface area contributed by atoms with Crippen LogP contribution in [0.2, 0.25) is 0 Å². The molecule has 3 fully saturated rings. The van der Waals surface area contributed by atoms with Crippen LogP contribution in [-0.4, -0.2) is 193 Å². The minimum absolute atomic E-state index is 0.201. The predicted octanol–water partition coefficient (Wildman–Crippen LogP) is 8.54. The highest BCUT2D eigenvalue weighted by atomic mass is 16.8. The van der Waals surface area contributed by atoms with E-state index in [1.807, 2.05) is 6.08 Å². The molecular formula is C73H115NO18. The van der Waals surface area contributed by atoms with Crippen molar-refractivity contribution < 1.29 is 89.4 Å². The highest BCUT2D eigenvalue weighted by Gasteiger charge is 2.53. The third-order valence-corrected chi connectivity index (χ3v) is 15.6. The minimum Gasteiger partial charge on any atom is -0.394 e. The number of hydrogen-bond donors (Lipinski definition) is 12. The summed E-state index contributed by atoms with van der Waals surface area (Å²) in [6.45, 7) is 1.45. The molecule has 0 aromatic rings. The molecule has 0 aromatic carbocycles. The summed E-state index contributed by atoms with van der Waals surface area (Å²) >= 11 is 0. The van der Waals surface area contributed by atoms with E-state index in [9.17, 15) is 61.0 Å². The van der Waals surface area contributed by atoms with Crippen LogP contribution in [0.5, 0.6) is 0 Å². The van der Waals surface area contributed by atoms with Gasteiger partial charge in [0.25, 0.3) is 0 Å². The van der Waals surface area contributed by atoms with E-state index in [1.54, 1.807) is 6.08 Å². The average Bonchev–Trinajstić information content (AvgIpc) is 0.817. The molecule has 0 aliphatic carbocycles. The molecule has 17 atom stereocenters. The lowest BCUT2D eigenvalue weighted by molar-refractivity contribution is -0.379. The van der Waals surface area contributed by atoms with Gasteiger partial charge in [-0.25, -0.2) is 0 Å². The van der Waals surface area contributed by atoms with Crippen molar-refractivity contribution in [2.45, 2.75) is 266 Å². The van der Waals surface area contributed by atoms with Crippen LogP contribution in [0.4, 0.5) is 0 Å². The highest BCUT2D eigenvalue weighted by molar-refractivity contribution is 5.76. The number of aliphatic hydroxyl groups excluding tert-OH is 11. The largest absolute Gasteiger partial charge is 0.394 e. The molecule has 3 aliphatic heterocycles. The van der Waals surface area contributed by atoms with E-state index >= 15 is 0 Å². The Labute approximate surface area is 548 Å². The van der Waals surface area contributed by atoms with Gasteiger partial charge in [-0.15, -0.1) is 0 Å². The molecule has 1 amide bonds. The number of rotatable bonds is 48. The van der Waals surface area contributed by atoms with Gasteiger partial charge in [-0.05, 0) is 109 Å². The smallest absolute Gasteiger partial charge is 0.220 e. The predicted molar refractivity (Wildman–Crippen MR) is 359 cm³/mol. The fourth-order valence-corrected chi connectivity index (χ4v) is 10.1. The second kappa shape index (κ2) is 52.7. The fourth-order valence-electron chi connectivity index (χ4n) is 10.1. The number of carbonyl (C=O) groups excluding carboxylic acids is 1. The lowest BCUT2D eigenvalue weighted by Gasteiger charge is -2.48. The van der Waals surface area contributed by atoms with Crippen molar-refractivity contribution in [2.24, 2.45) is 0 Å². The molecule has 3 rings (SSSR count). The Morgan fingerprint density at radius 1 is 0.402 bits per heavy atom. The van der Waals surface area contributed by atoms with Crippen molar-refractivity contribution in [3.63, 3.8) is 0 Å². The van der Waals surface area contributed by atoms with Crippen molar-refractivity contribution in [1.29, 1.82) is 0 Å². The van der Waals surface area contributed by atoms with Crippen LogP contribution in [0.1, 0.15) is 162 Å². The van der Waals surface area contributed by atoms with Crippen molar-refractivity contribution in [3.05, 3.63) is 158 Å². The summed E-state index contributed by atoms with van der Waals surface area (Å²) in [5.74, 6) is -0.315. The third-order valence-electron chi connectivity index (χ3n) is 15.6. The van der Waals surface area contributed by atoms with Crippen LogP contribution in [0.25, 0.3) is 0 Å². The van der Waals surface area contributed by atoms with E-state index in [2.05, 4.69) is 165 Å². The van der Waals surface area contributed by atoms with Crippen LogP contribution in [0.3, 0.4) is 0 Å². The maximum Gasteiger partial charge on any atom is 0.220 e. The van der Waals surface area contributed by atoms with E-state index in [0.717, 1.165) is 128 Å². The van der Waals surface area contributed by atoms with E-state index in [-0.39, 0.29) is 18.9 Å². The third kappa shape index (κ3) is 34.2. The highest BCUT2D eigenvalue weighted by Crippen LogP contribution is 2.33. The first-order valence-corrected chi connectivity index (χ1v) is 33.7. The summed E-state index contributed by atoms with van der Waals surface area (Å²) in [7, 11) is 0. The normalized spacial score (nSPS) is 28.7. The second-order valence-corrected chi connectivity index (χ2v) is 23.2. The average molecular weight is 1290 g/mol. The number of unbranched alkanes of at least 4 members (excludes halogenated alkanes) is 8. The summed E-state index contributed by atoms with van der Waals surface area (Å²) in [6.07, 6.45) is 50.2. The van der Waals surface area contributed by atoms with Gasteiger partial charge in [0, 0.05) is 6.42 Å². The van der Waals surface area contributed by atoms with Gasteiger partial charge in [-0.3, -0.25) is 4.79 Å². The van der Waals surface area contributed by atoms with Crippen molar-refractivity contribution in [3.8, 4) is 0 Å². The summed E-state index contributed by atoms with van der Waals surface area (Å²) in [6, 6.07) is -0.995. The molecule has 0 aromatic heterocycles. The Morgan fingerprint density at radius 2 is 0.750 bits per heavy atom. The molecule has 0 spiro atoms. The molecule has 92 heavy (non-hydrogen) atoms. The van der Waals surface area contributed by atoms with Gasteiger partial charge in [0.05, 0.1) is 38.6 Å². The number of aliphatic hydroxyl groups is 11. The summed E-state index contributed by atoms with van der Waals surface area (Å²) in [4.78, 5) is 13.3. The molecule has 0 radical (unpaired) electrons. The number of allylic oxidation sites excluding steroid dienone is 25. The first-order chi connectivity index (χ1) is 44.8. The standard InChI is InChI=1S/C73H115NO18/c1-3-5-7-9-11-12-13-14-15-16-17-18-19-20-21-22-23-24-25-26-27-28-29-30-31-32-33-34-35-36-37-38-39-40-41-42-43-44-45-47-49-51-61(79)74-56(57(78)50-48-46-10-8-6-4-2)55-87-71-67(85)64(82)69(59(53-76)89-71)92-73-68(86)65(83)70(60(54-77)90-73)91-72-66(84)63(81)62(80)58(52-75)88-72/h5,7,11-12,14-15,17-18,20-21,23-24,26-27,29-30,32-33,35-36,38-39,41-42,48,50,56-60,62-73,75-78,80-86H,3-4,6,8-10,13,16,19,22,25,28,31,34,37,40,43-47,49,51-55H2,1-2H3,(H,74,79)/b7-5-,12-11-,15-14-,18-17-,21-20-,24-23-,27-26-,30-29-,33-32-,36-35-,39-38-,42-41-,50-48+. The van der Waals surface area contributed by atoms with Crippen LogP contribution in [-0.2, 0) is 33.2 Å². The molecule has 0 bridgehead atoms. The zero-order valence-corrected chi connectivity index (χ0v) is 54.7. The van der Waals surface area contributed by atoms with Gasteiger partial charge in [-0.2, -0.15) is 0 Å². The Hall–Kier alpha value is -4.59. The Morgan fingerprint density at radius 3 is 1.16 bits per heavy atom. The Kier molecular flexibility index (Phi) is 46.7. The SMILES string of the molecule is CC/C=C\C/C=C\C/C=C\C/C=C\C/C=C\C/C=C\C/C=C\C/C=C\C/C=C\C/C=C\C/C=C\C/C=C\CCCCCCC(=O)NC(COC1OC(CO)C(OC2OC(CO)C(OC3OC(CO)C(O)C(O)C3O)C(O)C2O)C(O)C1O)C(O)/C=C/CCCCCC. The summed E-state index contributed by atoms with van der Waals surface area (Å²) < 4.78 is 34.1. The molecular weight excluding hydrogens is 1180 g/mol. The molecule has 0 saturated carbocycles. The lowest BCUT2D eigenvalue weighted by Crippen LogP contribution is -2.66. The van der Waals surface area contributed by atoms with Gasteiger partial charge in [0.1, 0.15) is 73.2 Å². The van der Waals surface area contributed by atoms with Gasteiger partial charge < -0.3 is 89.9 Å². The van der Waals surface area contributed by atoms with Crippen molar-refractivity contribution in [2.75, 3.05) is 26.4 Å². The number of ether oxygens (including phenoxy) is 6. The fraction of sp³-hybridized carbons (Fsp3) is 0.630. The molecule has 17 unspecified atom stereocenters. The lowest BCUT2D eigenvalue weighted by atomic mass is 9.96. The van der Waals surface area contributed by atoms with E-state index in [4.69, 9.17) is 28.4 Å². The molecule has 19 heteroatoms. The zero-order valence-electron chi connectivity index (χ0n) is 54.7. The van der Waals surface area contributed by atoms with Crippen LogP contribution in [0, 0.1) is 0 Å². The number of hydrogen-bond acceptors (Lipinski definition) is 18. The minimum atomic E-state index is -1.99. The molecule has 520 valence electrons. The zero-order chi connectivity index (χ0) is 66.8. The van der Waals surface area contributed by atoms with Gasteiger partial charge in [0.2, 0.25) is 5.91 Å². The molecule has 3 heterocycles. The molecule has 3 saturated heterocycles. The second-order valence-electron chi connectivity index (χ2n) is 23.2. The molecule has 19 nitrogen and oxygen atoms in total. The quantitative estimate of drug-likeness (QED) is 0.0201. The van der Waals surface area contributed by atoms with Crippen LogP contribution < -0.4 is 5.32 Å². The van der Waals surface area contributed by atoms with Crippen LogP contribution >= 0.6 is 0 Å². The first-order valence-electron chi connectivity index (χ1n) is 33.7. The van der Waals surface area contributed by atoms with Crippen molar-refractivity contribution in [1.82, 2.24) is 5.32 Å². The monoisotopic (exact) mass is 1290 g/mol. The maximum absolute atomic E-state index is 13.3. The van der Waals surface area contributed by atoms with E-state index < -0.39 is 124 Å².